The fraction of sp³-hybridized carbons (Fsp3) is 0.400. The number of carboxylic acid groups (broad SMARTS) is 2. The van der Waals surface area contributed by atoms with E-state index in [0.29, 0.717) is 0 Å². The first-order valence-corrected chi connectivity index (χ1v) is 4.18. The number of allylic oxidation sites excluding steroid dienone is 2. The van der Waals surface area contributed by atoms with Crippen molar-refractivity contribution in [2.45, 2.75) is 20.8 Å². The topological polar surface area (TPSA) is 74.6 Å². The Morgan fingerprint density at radius 1 is 1.00 bits per heavy atom. The van der Waals surface area contributed by atoms with Crippen LogP contribution in [0.4, 0.5) is 0 Å². The van der Waals surface area contributed by atoms with E-state index in [-0.39, 0.29) is 17.1 Å². The van der Waals surface area contributed by atoms with E-state index in [1.165, 1.54) is 26.0 Å². The van der Waals surface area contributed by atoms with Crippen molar-refractivity contribution in [1.29, 1.82) is 0 Å². The molecule has 0 aromatic heterocycles. The number of hydrogen-bond acceptors (Lipinski definition) is 2. The van der Waals surface area contributed by atoms with Crippen molar-refractivity contribution in [2.75, 3.05) is 0 Å². The zero-order chi connectivity index (χ0) is 11.3. The Hall–Kier alpha value is -1.58. The number of hydrogen-bond donors (Lipinski definition) is 2. The number of aliphatic carboxylic acids is 2. The quantitative estimate of drug-likeness (QED) is 0.674. The van der Waals surface area contributed by atoms with Gasteiger partial charge < -0.3 is 10.2 Å². The van der Waals surface area contributed by atoms with Gasteiger partial charge in [0.2, 0.25) is 0 Å². The van der Waals surface area contributed by atoms with Crippen molar-refractivity contribution in [3.63, 3.8) is 0 Å². The summed E-state index contributed by atoms with van der Waals surface area (Å²) >= 11 is 0. The van der Waals surface area contributed by atoms with Gasteiger partial charge in [-0.05, 0) is 19.8 Å². The lowest BCUT2D eigenvalue weighted by molar-refractivity contribution is -0.133. The summed E-state index contributed by atoms with van der Waals surface area (Å²) in [5.74, 6) is -2.17. The second-order valence-corrected chi connectivity index (χ2v) is 3.17. The molecule has 0 atom stereocenters. The van der Waals surface area contributed by atoms with Gasteiger partial charge in [0.15, 0.2) is 0 Å². The van der Waals surface area contributed by atoms with Gasteiger partial charge >= 0.3 is 11.9 Å². The molecule has 0 bridgehead atoms. The highest BCUT2D eigenvalue weighted by atomic mass is 16.4. The average molecular weight is 198 g/mol. The maximum Gasteiger partial charge on any atom is 0.330 e. The summed E-state index contributed by atoms with van der Waals surface area (Å²) in [6, 6.07) is 0. The van der Waals surface area contributed by atoms with Crippen LogP contribution in [-0.4, -0.2) is 22.2 Å². The van der Waals surface area contributed by atoms with Gasteiger partial charge in [-0.1, -0.05) is 19.1 Å². The molecule has 0 fully saturated rings. The fourth-order valence-electron chi connectivity index (χ4n) is 0.979. The second-order valence-electron chi connectivity index (χ2n) is 3.17. The highest BCUT2D eigenvalue weighted by Crippen LogP contribution is 2.08. The molecule has 0 rings (SSSR count). The Bertz CT molecular complexity index is 269. The molecule has 0 aromatic carbocycles. The third-order valence-corrected chi connectivity index (χ3v) is 1.70. The summed E-state index contributed by atoms with van der Waals surface area (Å²) in [4.78, 5) is 20.9. The van der Waals surface area contributed by atoms with E-state index in [0.717, 1.165) is 0 Å². The minimum absolute atomic E-state index is 0.192. The fourth-order valence-corrected chi connectivity index (χ4v) is 0.979. The third-order valence-electron chi connectivity index (χ3n) is 1.70. The van der Waals surface area contributed by atoms with Crippen LogP contribution in [0.1, 0.15) is 20.8 Å². The normalized spacial score (nSPS) is 15.1. The summed E-state index contributed by atoms with van der Waals surface area (Å²) in [5, 5.41) is 17.1. The van der Waals surface area contributed by atoms with Crippen molar-refractivity contribution in [2.24, 2.45) is 5.92 Å². The van der Waals surface area contributed by atoms with E-state index >= 15 is 0 Å². The van der Waals surface area contributed by atoms with Crippen molar-refractivity contribution in [3.8, 4) is 0 Å². The molecule has 0 amide bonds. The molecular weight excluding hydrogens is 184 g/mol. The molecule has 78 valence electrons. The van der Waals surface area contributed by atoms with E-state index < -0.39 is 11.9 Å². The van der Waals surface area contributed by atoms with Crippen LogP contribution in [0.15, 0.2) is 23.3 Å². The largest absolute Gasteiger partial charge is 0.478 e. The van der Waals surface area contributed by atoms with Crippen molar-refractivity contribution in [3.05, 3.63) is 23.3 Å². The summed E-state index contributed by atoms with van der Waals surface area (Å²) in [6.45, 7) is 4.68. The molecule has 0 aliphatic rings. The first kappa shape index (κ1) is 12.4. The number of carboxylic acids is 2. The van der Waals surface area contributed by atoms with Gasteiger partial charge in [-0.3, -0.25) is 0 Å². The smallest absolute Gasteiger partial charge is 0.330 e. The lowest BCUT2D eigenvalue weighted by Gasteiger charge is -2.01. The molecule has 14 heavy (non-hydrogen) atoms. The Morgan fingerprint density at radius 2 is 1.29 bits per heavy atom. The van der Waals surface area contributed by atoms with Crippen LogP contribution in [0.25, 0.3) is 0 Å². The molecule has 0 aliphatic heterocycles. The van der Waals surface area contributed by atoms with Crippen LogP contribution in [0.2, 0.25) is 0 Å². The van der Waals surface area contributed by atoms with Crippen molar-refractivity contribution < 1.29 is 19.8 Å². The van der Waals surface area contributed by atoms with Crippen LogP contribution in [0, 0.1) is 5.92 Å². The monoisotopic (exact) mass is 198 g/mol. The lowest BCUT2D eigenvalue weighted by Crippen LogP contribution is -2.01. The molecular formula is C10H14O4. The molecule has 0 unspecified atom stereocenters. The van der Waals surface area contributed by atoms with Gasteiger partial charge in [0.1, 0.15) is 0 Å². The van der Waals surface area contributed by atoms with Gasteiger partial charge in [-0.2, -0.15) is 0 Å². The predicted octanol–water partition coefficient (Wildman–Crippen LogP) is 1.68. The van der Waals surface area contributed by atoms with Gasteiger partial charge in [-0.15, -0.1) is 0 Å². The molecule has 4 heteroatoms. The SMILES string of the molecule is CC(=CC(C)C=C(C)C(=O)O)C(=O)O. The minimum Gasteiger partial charge on any atom is -0.478 e. The lowest BCUT2D eigenvalue weighted by atomic mass is 10.1. The molecule has 0 saturated carbocycles. The average Bonchev–Trinajstić information content (AvgIpc) is 2.03. The standard InChI is InChI=1S/C10H14O4/c1-6(4-7(2)9(11)12)5-8(3)10(13)14/h4-6H,1-3H3,(H,11,12)(H,13,14). The zero-order valence-corrected chi connectivity index (χ0v) is 8.44. The Balaban J connectivity index is 4.59. The number of rotatable bonds is 4. The highest BCUT2D eigenvalue weighted by Gasteiger charge is 2.05. The molecule has 0 heterocycles. The van der Waals surface area contributed by atoms with E-state index in [1.54, 1.807) is 6.92 Å². The summed E-state index contributed by atoms with van der Waals surface area (Å²) in [7, 11) is 0. The summed E-state index contributed by atoms with van der Waals surface area (Å²) in [6.07, 6.45) is 3.02. The van der Waals surface area contributed by atoms with Crippen LogP contribution < -0.4 is 0 Å². The molecule has 0 aliphatic carbocycles. The maximum absolute atomic E-state index is 10.4. The minimum atomic E-state index is -0.988. The van der Waals surface area contributed by atoms with E-state index in [4.69, 9.17) is 10.2 Å². The molecule has 0 saturated heterocycles. The second kappa shape index (κ2) is 5.21. The van der Waals surface area contributed by atoms with E-state index in [2.05, 4.69) is 0 Å². The highest BCUT2D eigenvalue weighted by molar-refractivity contribution is 5.87. The third kappa shape index (κ3) is 4.45. The molecule has 0 aromatic rings. The van der Waals surface area contributed by atoms with Crippen LogP contribution >= 0.6 is 0 Å². The van der Waals surface area contributed by atoms with Crippen LogP contribution in [0.5, 0.6) is 0 Å². The van der Waals surface area contributed by atoms with Crippen LogP contribution in [0.3, 0.4) is 0 Å². The Morgan fingerprint density at radius 3 is 1.50 bits per heavy atom. The predicted molar refractivity (Wildman–Crippen MR) is 51.9 cm³/mol. The van der Waals surface area contributed by atoms with Crippen LogP contribution in [-0.2, 0) is 9.59 Å². The van der Waals surface area contributed by atoms with Gasteiger partial charge in [-0.25, -0.2) is 9.59 Å². The Kier molecular flexibility index (Phi) is 4.63. The van der Waals surface area contributed by atoms with Crippen molar-refractivity contribution in [1.82, 2.24) is 0 Å². The van der Waals surface area contributed by atoms with Gasteiger partial charge in [0.05, 0.1) is 0 Å². The molecule has 0 spiro atoms. The van der Waals surface area contributed by atoms with Gasteiger partial charge in [0, 0.05) is 11.1 Å². The summed E-state index contributed by atoms with van der Waals surface area (Å²) < 4.78 is 0. The molecule has 4 nitrogen and oxygen atoms in total. The Labute approximate surface area is 82.6 Å². The molecule has 2 N–H and O–H groups in total. The maximum atomic E-state index is 10.4. The zero-order valence-electron chi connectivity index (χ0n) is 8.44. The van der Waals surface area contributed by atoms with Gasteiger partial charge in [0.25, 0.3) is 0 Å². The number of carbonyl (C=O) groups is 2. The van der Waals surface area contributed by atoms with E-state index in [1.807, 2.05) is 0 Å². The molecule has 0 radical (unpaired) electrons. The summed E-state index contributed by atoms with van der Waals surface area (Å²) in [5.41, 5.74) is 0.430. The van der Waals surface area contributed by atoms with Crippen molar-refractivity contribution >= 4 is 11.9 Å². The first-order valence-electron chi connectivity index (χ1n) is 4.18. The first-order chi connectivity index (χ1) is 6.34. The van der Waals surface area contributed by atoms with E-state index in [9.17, 15) is 9.59 Å².